The topological polar surface area (TPSA) is 41.1 Å². The summed E-state index contributed by atoms with van der Waals surface area (Å²) in [7, 11) is 0. The van der Waals surface area contributed by atoms with E-state index in [0.29, 0.717) is 30.8 Å². The summed E-state index contributed by atoms with van der Waals surface area (Å²) in [6, 6.07) is 4.89. The molecule has 0 aliphatic carbocycles. The molecule has 1 fully saturated rings. The van der Waals surface area contributed by atoms with E-state index in [9.17, 15) is 35.5 Å². The highest BCUT2D eigenvalue weighted by Crippen LogP contribution is 2.46. The predicted molar refractivity (Wildman–Crippen MR) is 117 cm³/mol. The van der Waals surface area contributed by atoms with Crippen molar-refractivity contribution in [2.75, 3.05) is 13.1 Å². The van der Waals surface area contributed by atoms with Gasteiger partial charge in [-0.3, -0.25) is 4.79 Å². The number of halogens is 8. The van der Waals surface area contributed by atoms with Crippen molar-refractivity contribution in [1.29, 1.82) is 0 Å². The van der Waals surface area contributed by atoms with Gasteiger partial charge in [0.1, 0.15) is 11.5 Å². The van der Waals surface area contributed by atoms with Crippen molar-refractivity contribution in [3.05, 3.63) is 70.5 Å². The van der Waals surface area contributed by atoms with Gasteiger partial charge >= 0.3 is 12.4 Å². The highest BCUT2D eigenvalue weighted by Gasteiger charge is 2.51. The third-order valence-electron chi connectivity index (χ3n) is 6.87. The summed E-state index contributed by atoms with van der Waals surface area (Å²) in [5.41, 5.74) is -6.34. The van der Waals surface area contributed by atoms with E-state index in [4.69, 9.17) is 0 Å². The van der Waals surface area contributed by atoms with Gasteiger partial charge in [-0.05, 0) is 74.3 Å². The highest BCUT2D eigenvalue weighted by atomic mass is 19.4. The number of carbonyl (C=O) groups is 1. The van der Waals surface area contributed by atoms with E-state index in [-0.39, 0.29) is 18.9 Å². The Bertz CT molecular complexity index is 1040. The first-order valence-electron chi connectivity index (χ1n) is 11.3. The average molecular weight is 522 g/mol. The zero-order valence-electron chi connectivity index (χ0n) is 19.6. The third-order valence-corrected chi connectivity index (χ3v) is 6.87. The molecule has 0 radical (unpaired) electrons. The van der Waals surface area contributed by atoms with E-state index in [0.717, 1.165) is 12.1 Å². The number of piperidine rings is 1. The van der Waals surface area contributed by atoms with Gasteiger partial charge < -0.3 is 10.6 Å². The second-order valence-electron chi connectivity index (χ2n) is 9.36. The van der Waals surface area contributed by atoms with E-state index in [1.807, 2.05) is 0 Å². The number of carbonyl (C=O) groups excluding carboxylic acids is 1. The van der Waals surface area contributed by atoms with Crippen molar-refractivity contribution in [2.24, 2.45) is 0 Å². The summed E-state index contributed by atoms with van der Waals surface area (Å²) >= 11 is 0. The van der Waals surface area contributed by atoms with Crippen molar-refractivity contribution < 1.29 is 39.9 Å². The van der Waals surface area contributed by atoms with Crippen LogP contribution in [-0.4, -0.2) is 24.7 Å². The molecule has 1 saturated heterocycles. The average Bonchev–Trinajstić information content (AvgIpc) is 2.78. The van der Waals surface area contributed by atoms with E-state index in [2.05, 4.69) is 10.6 Å². The van der Waals surface area contributed by atoms with Crippen molar-refractivity contribution in [3.63, 3.8) is 0 Å². The van der Waals surface area contributed by atoms with Crippen LogP contribution < -0.4 is 10.6 Å². The summed E-state index contributed by atoms with van der Waals surface area (Å²) in [6.45, 7) is 3.45. The lowest BCUT2D eigenvalue weighted by atomic mass is 9.64. The lowest BCUT2D eigenvalue weighted by Crippen LogP contribution is -2.54. The van der Waals surface area contributed by atoms with Gasteiger partial charge in [0.2, 0.25) is 5.91 Å². The first-order chi connectivity index (χ1) is 16.5. The Morgan fingerprint density at radius 2 is 1.44 bits per heavy atom. The van der Waals surface area contributed by atoms with Gasteiger partial charge in [0.25, 0.3) is 0 Å². The van der Waals surface area contributed by atoms with Crippen molar-refractivity contribution in [2.45, 2.75) is 62.6 Å². The fourth-order valence-corrected chi connectivity index (χ4v) is 4.64. The van der Waals surface area contributed by atoms with Crippen LogP contribution in [0.2, 0.25) is 0 Å². The monoisotopic (exact) mass is 522 g/mol. The summed E-state index contributed by atoms with van der Waals surface area (Å²) in [5.74, 6) is -1.32. The minimum atomic E-state index is -5.03. The van der Waals surface area contributed by atoms with Crippen LogP contribution in [0.5, 0.6) is 0 Å². The number of nitrogens with one attached hydrogen (secondary N) is 2. The summed E-state index contributed by atoms with van der Waals surface area (Å²) < 4.78 is 109. The minimum Gasteiger partial charge on any atom is -0.350 e. The van der Waals surface area contributed by atoms with Gasteiger partial charge in [-0.25, -0.2) is 8.78 Å². The quantitative estimate of drug-likeness (QED) is 0.427. The first-order valence-corrected chi connectivity index (χ1v) is 11.3. The molecule has 1 aliphatic rings. The standard InChI is InChI=1S/C25H26F8N2O/c1-15(16-11-18(24(28,29)30)13-19(12-16)25(31,32)33)35-21(36)14-22(2,17-3-5-20(26)6-4-17)23(27)7-9-34-10-8-23/h3-6,11-13,15,34H,7-10,14H2,1-2H3,(H,35,36)/t15-,22?/m0/s1. The molecule has 0 saturated carbocycles. The Balaban J connectivity index is 1.91. The molecule has 2 aromatic carbocycles. The van der Waals surface area contributed by atoms with Crippen LogP contribution in [0.25, 0.3) is 0 Å². The molecule has 0 spiro atoms. The number of hydrogen-bond donors (Lipinski definition) is 2. The molecule has 36 heavy (non-hydrogen) atoms. The van der Waals surface area contributed by atoms with Gasteiger partial charge in [0.05, 0.1) is 17.2 Å². The molecule has 0 aromatic heterocycles. The Morgan fingerprint density at radius 3 is 1.92 bits per heavy atom. The van der Waals surface area contributed by atoms with Gasteiger partial charge in [-0.1, -0.05) is 19.1 Å². The van der Waals surface area contributed by atoms with Crippen molar-refractivity contribution in [1.82, 2.24) is 10.6 Å². The number of benzene rings is 2. The van der Waals surface area contributed by atoms with E-state index in [1.54, 1.807) is 0 Å². The molecule has 2 aromatic rings. The molecule has 3 nitrogen and oxygen atoms in total. The molecule has 11 heteroatoms. The van der Waals surface area contributed by atoms with Crippen LogP contribution >= 0.6 is 0 Å². The Labute approximate surface area is 203 Å². The molecule has 2 atom stereocenters. The maximum atomic E-state index is 16.2. The van der Waals surface area contributed by atoms with Gasteiger partial charge in [-0.2, -0.15) is 26.3 Å². The third kappa shape index (κ3) is 5.99. The van der Waals surface area contributed by atoms with Gasteiger partial charge in [0.15, 0.2) is 0 Å². The van der Waals surface area contributed by atoms with Crippen LogP contribution in [0.15, 0.2) is 42.5 Å². The SMILES string of the molecule is C[C@H](NC(=O)CC(C)(c1ccc(F)cc1)C1(F)CCNCC1)c1cc(C(F)(F)F)cc(C(F)(F)F)c1. The van der Waals surface area contributed by atoms with Gasteiger partial charge in [0, 0.05) is 11.8 Å². The van der Waals surface area contributed by atoms with E-state index in [1.165, 1.54) is 26.0 Å². The Morgan fingerprint density at radius 1 is 0.944 bits per heavy atom. The zero-order chi connectivity index (χ0) is 26.9. The minimum absolute atomic E-state index is 0.00755. The lowest BCUT2D eigenvalue weighted by molar-refractivity contribution is -0.143. The Kier molecular flexibility index (Phi) is 7.74. The predicted octanol–water partition coefficient (Wildman–Crippen LogP) is 6.48. The molecule has 2 N–H and O–H groups in total. The van der Waals surface area contributed by atoms with Crippen LogP contribution in [-0.2, 0) is 22.6 Å². The zero-order valence-corrected chi connectivity index (χ0v) is 19.6. The molecular formula is C25H26F8N2O. The molecule has 3 rings (SSSR count). The smallest absolute Gasteiger partial charge is 0.350 e. The van der Waals surface area contributed by atoms with Crippen molar-refractivity contribution >= 4 is 5.91 Å². The number of hydrogen-bond acceptors (Lipinski definition) is 2. The van der Waals surface area contributed by atoms with E-state index >= 15 is 4.39 Å². The van der Waals surface area contributed by atoms with Crippen LogP contribution in [0, 0.1) is 5.82 Å². The van der Waals surface area contributed by atoms with Crippen molar-refractivity contribution in [3.8, 4) is 0 Å². The van der Waals surface area contributed by atoms with E-state index < -0.39 is 64.3 Å². The molecule has 0 bridgehead atoms. The Hall–Kier alpha value is -2.69. The van der Waals surface area contributed by atoms with Crippen LogP contribution in [0.3, 0.4) is 0 Å². The fourth-order valence-electron chi connectivity index (χ4n) is 4.64. The second-order valence-corrected chi connectivity index (χ2v) is 9.36. The van der Waals surface area contributed by atoms with Crippen LogP contribution in [0.4, 0.5) is 35.1 Å². The summed E-state index contributed by atoms with van der Waals surface area (Å²) in [5, 5.41) is 5.45. The lowest BCUT2D eigenvalue weighted by Gasteiger charge is -2.45. The second kappa shape index (κ2) is 9.99. The normalized spacial score (nSPS) is 18.8. The number of rotatable bonds is 6. The van der Waals surface area contributed by atoms with Gasteiger partial charge in [-0.15, -0.1) is 0 Å². The molecule has 1 aliphatic heterocycles. The van der Waals surface area contributed by atoms with Crippen LogP contribution in [0.1, 0.15) is 61.4 Å². The number of amides is 1. The molecule has 198 valence electrons. The summed E-state index contributed by atoms with van der Waals surface area (Å²) in [4.78, 5) is 13.0. The fraction of sp³-hybridized carbons (Fsp3) is 0.480. The largest absolute Gasteiger partial charge is 0.416 e. The number of alkyl halides is 7. The summed E-state index contributed by atoms with van der Waals surface area (Å²) in [6.07, 6.45) is -10.4. The molecule has 1 unspecified atom stereocenters. The maximum absolute atomic E-state index is 16.2. The molecule has 1 heterocycles. The first kappa shape index (κ1) is 27.9. The molecule has 1 amide bonds. The highest BCUT2D eigenvalue weighted by molar-refractivity contribution is 5.78. The maximum Gasteiger partial charge on any atom is 0.416 e. The molecular weight excluding hydrogens is 496 g/mol.